The third-order valence-corrected chi connectivity index (χ3v) is 3.01. The summed E-state index contributed by atoms with van der Waals surface area (Å²) in [7, 11) is 1.71. The average molecular weight is 286 g/mol. The van der Waals surface area contributed by atoms with Gasteiger partial charge in [-0.15, -0.1) is 5.10 Å². The van der Waals surface area contributed by atoms with Crippen LogP contribution in [0.25, 0.3) is 0 Å². The number of carbonyl (C=O) groups is 1. The van der Waals surface area contributed by atoms with E-state index in [2.05, 4.69) is 20.7 Å². The van der Waals surface area contributed by atoms with Gasteiger partial charge >= 0.3 is 0 Å². The van der Waals surface area contributed by atoms with Crippen LogP contribution in [-0.4, -0.2) is 37.2 Å². The highest BCUT2D eigenvalue weighted by molar-refractivity contribution is 5.91. The number of hydrogen-bond donors (Lipinski definition) is 1. The fraction of sp³-hybridized carbons (Fsp3) is 0.231. The molecule has 0 aliphatic rings. The third kappa shape index (κ3) is 2.83. The second-order valence-electron chi connectivity index (χ2n) is 4.50. The zero-order valence-electron chi connectivity index (χ0n) is 11.4. The topological polar surface area (TPSA) is 90.8 Å². The Kier molecular flexibility index (Phi) is 3.50. The van der Waals surface area contributed by atoms with Crippen molar-refractivity contribution < 1.29 is 9.21 Å². The van der Waals surface area contributed by atoms with Gasteiger partial charge in [0.2, 0.25) is 0 Å². The zero-order chi connectivity index (χ0) is 14.7. The molecule has 1 unspecified atom stereocenters. The summed E-state index contributed by atoms with van der Waals surface area (Å²) >= 11 is 0. The first-order valence-corrected chi connectivity index (χ1v) is 6.41. The molecular weight excluding hydrogens is 272 g/mol. The minimum absolute atomic E-state index is 0.212. The van der Waals surface area contributed by atoms with Crippen LogP contribution in [-0.2, 0) is 7.05 Å². The predicted molar refractivity (Wildman–Crippen MR) is 72.4 cm³/mol. The van der Waals surface area contributed by atoms with Crippen LogP contribution in [0.15, 0.2) is 47.5 Å². The fourth-order valence-electron chi connectivity index (χ4n) is 2.00. The molecule has 8 heteroatoms. The van der Waals surface area contributed by atoms with Gasteiger partial charge in [-0.2, -0.15) is 5.10 Å². The summed E-state index contributed by atoms with van der Waals surface area (Å²) in [5, 5.41) is 14.5. The van der Waals surface area contributed by atoms with Crippen molar-refractivity contribution in [1.29, 1.82) is 0 Å². The van der Waals surface area contributed by atoms with Crippen molar-refractivity contribution in [2.45, 2.75) is 6.04 Å². The molecule has 0 spiro atoms. The molecule has 0 aliphatic heterocycles. The first-order valence-electron chi connectivity index (χ1n) is 6.41. The minimum Gasteiger partial charge on any atom is -0.467 e. The minimum atomic E-state index is -0.285. The Hall–Kier alpha value is -2.90. The van der Waals surface area contributed by atoms with Crippen LogP contribution in [0.3, 0.4) is 0 Å². The summed E-state index contributed by atoms with van der Waals surface area (Å²) in [5.41, 5.74) is 0.274. The summed E-state index contributed by atoms with van der Waals surface area (Å²) in [4.78, 5) is 12.0. The second-order valence-corrected chi connectivity index (χ2v) is 4.50. The second kappa shape index (κ2) is 5.61. The highest BCUT2D eigenvalue weighted by atomic mass is 16.3. The Balaban J connectivity index is 1.72. The van der Waals surface area contributed by atoms with Gasteiger partial charge in [0.1, 0.15) is 11.8 Å². The summed E-state index contributed by atoms with van der Waals surface area (Å²) in [6.07, 6.45) is 6.66. The first kappa shape index (κ1) is 13.1. The molecule has 0 saturated heterocycles. The van der Waals surface area contributed by atoms with Crippen LogP contribution < -0.4 is 5.32 Å². The van der Waals surface area contributed by atoms with E-state index in [0.717, 1.165) is 5.76 Å². The van der Waals surface area contributed by atoms with Gasteiger partial charge in [-0.25, -0.2) is 0 Å². The third-order valence-electron chi connectivity index (χ3n) is 3.01. The first-order chi connectivity index (χ1) is 10.2. The Morgan fingerprint density at radius 1 is 1.48 bits per heavy atom. The highest BCUT2D eigenvalue weighted by Crippen LogP contribution is 2.17. The maximum atomic E-state index is 12.0. The molecule has 108 valence electrons. The van der Waals surface area contributed by atoms with E-state index in [1.807, 2.05) is 18.3 Å². The van der Waals surface area contributed by atoms with Gasteiger partial charge in [-0.1, -0.05) is 5.21 Å². The van der Waals surface area contributed by atoms with Crippen LogP contribution in [0.4, 0.5) is 0 Å². The van der Waals surface area contributed by atoms with Gasteiger partial charge in [0.25, 0.3) is 5.91 Å². The van der Waals surface area contributed by atoms with Gasteiger partial charge in [0.05, 0.1) is 12.5 Å². The molecular formula is C13H14N6O2. The number of rotatable bonds is 5. The van der Waals surface area contributed by atoms with E-state index >= 15 is 0 Å². The monoisotopic (exact) mass is 286 g/mol. The normalized spacial score (nSPS) is 12.2. The van der Waals surface area contributed by atoms with E-state index < -0.39 is 0 Å². The molecule has 1 atom stereocenters. The fourth-order valence-corrected chi connectivity index (χ4v) is 2.00. The van der Waals surface area contributed by atoms with Crippen LogP contribution in [0.2, 0.25) is 0 Å². The Bertz CT molecular complexity index is 667. The summed E-state index contributed by atoms with van der Waals surface area (Å²) < 4.78 is 8.63. The van der Waals surface area contributed by atoms with E-state index in [9.17, 15) is 4.79 Å². The lowest BCUT2D eigenvalue weighted by molar-refractivity contribution is 0.0943. The number of hydrogen-bond acceptors (Lipinski definition) is 5. The molecule has 1 amide bonds. The maximum Gasteiger partial charge on any atom is 0.273 e. The van der Waals surface area contributed by atoms with Gasteiger partial charge in [0, 0.05) is 26.0 Å². The lowest BCUT2D eigenvalue weighted by Crippen LogP contribution is -2.31. The molecule has 0 aliphatic carbocycles. The molecule has 1 N–H and O–H groups in total. The number of aromatic nitrogens is 5. The van der Waals surface area contributed by atoms with Crippen molar-refractivity contribution in [2.75, 3.05) is 6.54 Å². The lowest BCUT2D eigenvalue weighted by atomic mass is 10.2. The average Bonchev–Trinajstić information content (AvgIpc) is 3.21. The molecule has 3 heterocycles. The molecule has 0 bridgehead atoms. The Morgan fingerprint density at radius 2 is 2.38 bits per heavy atom. The van der Waals surface area contributed by atoms with Crippen molar-refractivity contribution in [3.63, 3.8) is 0 Å². The molecule has 21 heavy (non-hydrogen) atoms. The maximum absolute atomic E-state index is 12.0. The van der Waals surface area contributed by atoms with Crippen molar-refractivity contribution in [3.05, 3.63) is 54.5 Å². The van der Waals surface area contributed by atoms with Gasteiger partial charge in [0.15, 0.2) is 5.69 Å². The quantitative estimate of drug-likeness (QED) is 0.742. The van der Waals surface area contributed by atoms with E-state index in [-0.39, 0.29) is 17.6 Å². The van der Waals surface area contributed by atoms with Crippen LogP contribution >= 0.6 is 0 Å². The van der Waals surface area contributed by atoms with E-state index in [4.69, 9.17) is 4.42 Å². The van der Waals surface area contributed by atoms with Gasteiger partial charge in [-0.3, -0.25) is 14.2 Å². The SMILES string of the molecule is Cn1cc(C(=O)NCC(c2ccco2)n2cccn2)nn1. The number of aryl methyl sites for hydroxylation is 1. The van der Waals surface area contributed by atoms with E-state index in [0.29, 0.717) is 6.54 Å². The molecule has 8 nitrogen and oxygen atoms in total. The Morgan fingerprint density at radius 3 is 3.00 bits per heavy atom. The Labute approximate surface area is 120 Å². The largest absolute Gasteiger partial charge is 0.467 e. The van der Waals surface area contributed by atoms with Crippen LogP contribution in [0.5, 0.6) is 0 Å². The van der Waals surface area contributed by atoms with Crippen molar-refractivity contribution >= 4 is 5.91 Å². The van der Waals surface area contributed by atoms with E-state index in [1.165, 1.54) is 4.68 Å². The zero-order valence-corrected chi connectivity index (χ0v) is 11.4. The van der Waals surface area contributed by atoms with Gasteiger partial charge in [-0.05, 0) is 18.2 Å². The molecule has 3 aromatic rings. The molecule has 3 aromatic heterocycles. The number of carbonyl (C=O) groups excluding carboxylic acids is 1. The summed E-state index contributed by atoms with van der Waals surface area (Å²) in [6, 6.07) is 5.26. The van der Waals surface area contributed by atoms with Crippen LogP contribution in [0.1, 0.15) is 22.3 Å². The number of amides is 1. The number of nitrogens with one attached hydrogen (secondary N) is 1. The summed E-state index contributed by atoms with van der Waals surface area (Å²) in [5.74, 6) is 0.435. The standard InChI is InChI=1S/C13H14N6O2/c1-18-9-10(16-17-18)13(20)14-8-11(12-4-2-7-21-12)19-6-3-5-15-19/h2-7,9,11H,8H2,1H3,(H,14,20). The van der Waals surface area contributed by atoms with Crippen molar-refractivity contribution in [1.82, 2.24) is 30.1 Å². The van der Waals surface area contributed by atoms with Crippen molar-refractivity contribution in [3.8, 4) is 0 Å². The van der Waals surface area contributed by atoms with Crippen molar-refractivity contribution in [2.24, 2.45) is 7.05 Å². The molecule has 0 aromatic carbocycles. The highest BCUT2D eigenvalue weighted by Gasteiger charge is 2.19. The van der Waals surface area contributed by atoms with E-state index in [1.54, 1.807) is 36.5 Å². The lowest BCUT2D eigenvalue weighted by Gasteiger charge is -2.15. The molecule has 3 rings (SSSR count). The smallest absolute Gasteiger partial charge is 0.273 e. The molecule has 0 saturated carbocycles. The molecule has 0 fully saturated rings. The number of nitrogens with zero attached hydrogens (tertiary/aromatic N) is 5. The predicted octanol–water partition coefficient (Wildman–Crippen LogP) is 0.624. The number of furan rings is 1. The van der Waals surface area contributed by atoms with Crippen LogP contribution in [0, 0.1) is 0 Å². The summed E-state index contributed by atoms with van der Waals surface area (Å²) in [6.45, 7) is 0.338. The van der Waals surface area contributed by atoms with Gasteiger partial charge < -0.3 is 9.73 Å². The molecule has 0 radical (unpaired) electrons.